The lowest BCUT2D eigenvalue weighted by Crippen LogP contribution is -2.24. The number of hydrogen-bond acceptors (Lipinski definition) is 4. The van der Waals surface area contributed by atoms with Crippen LogP contribution in [0.3, 0.4) is 0 Å². The van der Waals surface area contributed by atoms with E-state index < -0.39 is 11.6 Å². The number of benzene rings is 2. The van der Waals surface area contributed by atoms with Gasteiger partial charge in [-0.3, -0.25) is 4.79 Å². The van der Waals surface area contributed by atoms with Crippen LogP contribution < -0.4 is 17.2 Å². The summed E-state index contributed by atoms with van der Waals surface area (Å²) in [5.74, 6) is -0.411. The number of carbonyl (C=O) groups excluding carboxylic acids is 1. The molecule has 0 radical (unpaired) electrons. The Morgan fingerprint density at radius 1 is 1.00 bits per heavy atom. The minimum atomic E-state index is -0.493. The van der Waals surface area contributed by atoms with Crippen LogP contribution in [0, 0.1) is 0 Å². The van der Waals surface area contributed by atoms with E-state index >= 15 is 0 Å². The van der Waals surface area contributed by atoms with E-state index in [0.29, 0.717) is 28.0 Å². The number of rotatable bonds is 1. The number of aromatic nitrogens is 2. The summed E-state index contributed by atoms with van der Waals surface area (Å²) in [7, 11) is 0. The topological polar surface area (TPSA) is 107 Å². The summed E-state index contributed by atoms with van der Waals surface area (Å²) in [5, 5.41) is 0. The van der Waals surface area contributed by atoms with Gasteiger partial charge in [0.05, 0.1) is 11.0 Å². The van der Waals surface area contributed by atoms with E-state index in [1.165, 1.54) is 0 Å². The summed E-state index contributed by atoms with van der Waals surface area (Å²) < 4.78 is 1.08. The molecule has 3 rings (SSSR count). The normalized spacial score (nSPS) is 10.8. The number of carbonyl (C=O) groups is 1. The van der Waals surface area contributed by atoms with Gasteiger partial charge in [-0.1, -0.05) is 0 Å². The second kappa shape index (κ2) is 4.27. The number of imidazole rings is 1. The lowest BCUT2D eigenvalue weighted by atomic mass is 10.2. The number of nitrogens with zero attached hydrogens (tertiary/aromatic N) is 1. The van der Waals surface area contributed by atoms with Crippen LogP contribution in [0.4, 0.5) is 11.4 Å². The molecule has 0 aliphatic heterocycles. The van der Waals surface area contributed by atoms with Crippen LogP contribution in [0.2, 0.25) is 0 Å². The fourth-order valence-electron chi connectivity index (χ4n) is 2.09. The number of nitrogens with two attached hydrogens (primary N) is 2. The smallest absolute Gasteiger partial charge is 0.333 e. The third-order valence-electron chi connectivity index (χ3n) is 3.07. The summed E-state index contributed by atoms with van der Waals surface area (Å²) in [6.07, 6.45) is 0. The van der Waals surface area contributed by atoms with Gasteiger partial charge in [0.1, 0.15) is 0 Å². The molecule has 0 aliphatic carbocycles. The van der Waals surface area contributed by atoms with Crippen molar-refractivity contribution in [2.24, 2.45) is 0 Å². The Morgan fingerprint density at radius 3 is 2.35 bits per heavy atom. The lowest BCUT2D eigenvalue weighted by Gasteiger charge is -2.03. The Kier molecular flexibility index (Phi) is 2.57. The molecule has 0 amide bonds. The number of anilines is 2. The molecule has 0 atom stereocenters. The molecule has 0 fully saturated rings. The van der Waals surface area contributed by atoms with Gasteiger partial charge in [-0.05, 0) is 42.5 Å². The van der Waals surface area contributed by atoms with Gasteiger partial charge >= 0.3 is 5.69 Å². The van der Waals surface area contributed by atoms with Crippen LogP contribution >= 0.6 is 0 Å². The van der Waals surface area contributed by atoms with Crippen molar-refractivity contribution in [2.75, 3.05) is 11.5 Å². The maximum absolute atomic E-state index is 12.4. The summed E-state index contributed by atoms with van der Waals surface area (Å²) in [4.78, 5) is 27.0. The van der Waals surface area contributed by atoms with Crippen molar-refractivity contribution in [1.82, 2.24) is 9.55 Å². The molecule has 0 bridgehead atoms. The van der Waals surface area contributed by atoms with Crippen LogP contribution in [0.5, 0.6) is 0 Å². The molecule has 1 heterocycles. The van der Waals surface area contributed by atoms with Crippen molar-refractivity contribution in [3.05, 3.63) is 58.5 Å². The number of H-pyrrole nitrogens is 1. The van der Waals surface area contributed by atoms with Crippen molar-refractivity contribution in [1.29, 1.82) is 0 Å². The van der Waals surface area contributed by atoms with E-state index in [4.69, 9.17) is 11.5 Å². The molecule has 0 saturated carbocycles. The standard InChI is InChI=1S/C14H12N4O2/c15-9-3-1-8(2-4-9)13(19)18-12-6-5-10(16)7-11(12)17-14(18)20/h1-7H,15-16H2,(H,17,20). The molecule has 1 aromatic heterocycles. The van der Waals surface area contributed by atoms with Crippen LogP contribution in [-0.4, -0.2) is 15.5 Å². The Bertz CT molecular complexity index is 859. The Labute approximate surface area is 113 Å². The largest absolute Gasteiger partial charge is 0.399 e. The molecular weight excluding hydrogens is 256 g/mol. The average molecular weight is 268 g/mol. The second-order valence-corrected chi connectivity index (χ2v) is 4.47. The molecule has 6 heteroatoms. The van der Waals surface area contributed by atoms with E-state index in [-0.39, 0.29) is 0 Å². The van der Waals surface area contributed by atoms with E-state index in [1.807, 2.05) is 0 Å². The zero-order valence-electron chi connectivity index (χ0n) is 10.5. The van der Waals surface area contributed by atoms with Crippen molar-refractivity contribution in [3.63, 3.8) is 0 Å². The maximum Gasteiger partial charge on any atom is 0.333 e. The average Bonchev–Trinajstić information content (AvgIpc) is 2.73. The molecule has 5 N–H and O–H groups in total. The van der Waals surface area contributed by atoms with Gasteiger partial charge < -0.3 is 16.5 Å². The summed E-state index contributed by atoms with van der Waals surface area (Å²) >= 11 is 0. The van der Waals surface area contributed by atoms with E-state index in [9.17, 15) is 9.59 Å². The number of aromatic amines is 1. The highest BCUT2D eigenvalue weighted by Crippen LogP contribution is 2.16. The predicted octanol–water partition coefficient (Wildman–Crippen LogP) is 1.18. The van der Waals surface area contributed by atoms with Crippen molar-refractivity contribution < 1.29 is 4.79 Å². The second-order valence-electron chi connectivity index (χ2n) is 4.47. The van der Waals surface area contributed by atoms with Gasteiger partial charge in [0.25, 0.3) is 5.91 Å². The van der Waals surface area contributed by atoms with E-state index in [2.05, 4.69) is 4.98 Å². The monoisotopic (exact) mass is 268 g/mol. The van der Waals surface area contributed by atoms with E-state index in [0.717, 1.165) is 4.57 Å². The first-order chi connectivity index (χ1) is 9.56. The molecule has 3 aromatic rings. The maximum atomic E-state index is 12.4. The Hall–Kier alpha value is -3.02. The first kappa shape index (κ1) is 12.0. The molecule has 0 saturated heterocycles. The molecule has 20 heavy (non-hydrogen) atoms. The van der Waals surface area contributed by atoms with Gasteiger partial charge in [-0.25, -0.2) is 9.36 Å². The number of hydrogen-bond donors (Lipinski definition) is 3. The number of nitrogen functional groups attached to an aromatic ring is 2. The molecule has 0 aliphatic rings. The highest BCUT2D eigenvalue weighted by molar-refractivity contribution is 6.01. The molecule has 6 nitrogen and oxygen atoms in total. The zero-order valence-corrected chi connectivity index (χ0v) is 10.5. The first-order valence-corrected chi connectivity index (χ1v) is 5.97. The summed E-state index contributed by atoms with van der Waals surface area (Å²) in [5.41, 5.74) is 13.2. The molecule has 100 valence electrons. The van der Waals surface area contributed by atoms with Gasteiger partial charge in [-0.15, -0.1) is 0 Å². The van der Waals surface area contributed by atoms with Crippen LogP contribution in [0.1, 0.15) is 10.4 Å². The molecule has 0 spiro atoms. The highest BCUT2D eigenvalue weighted by atomic mass is 16.2. The van der Waals surface area contributed by atoms with Crippen LogP contribution in [0.25, 0.3) is 11.0 Å². The third kappa shape index (κ3) is 1.83. The third-order valence-corrected chi connectivity index (χ3v) is 3.07. The fourth-order valence-corrected chi connectivity index (χ4v) is 2.09. The molecule has 0 unspecified atom stereocenters. The van der Waals surface area contributed by atoms with Crippen molar-refractivity contribution in [2.45, 2.75) is 0 Å². The summed E-state index contributed by atoms with van der Waals surface area (Å²) in [6, 6.07) is 11.3. The highest BCUT2D eigenvalue weighted by Gasteiger charge is 2.15. The SMILES string of the molecule is Nc1ccc(C(=O)n2c(=O)[nH]c3cc(N)ccc32)cc1. The predicted molar refractivity (Wildman–Crippen MR) is 77.6 cm³/mol. The Balaban J connectivity index is 2.19. The molecule has 2 aromatic carbocycles. The number of nitrogens with one attached hydrogen (secondary N) is 1. The summed E-state index contributed by atoms with van der Waals surface area (Å²) in [6.45, 7) is 0. The Morgan fingerprint density at radius 2 is 1.65 bits per heavy atom. The van der Waals surface area contributed by atoms with Gasteiger partial charge in [0.15, 0.2) is 0 Å². The van der Waals surface area contributed by atoms with Gasteiger partial charge in [0.2, 0.25) is 0 Å². The zero-order chi connectivity index (χ0) is 14.3. The fraction of sp³-hybridized carbons (Fsp3) is 0. The van der Waals surface area contributed by atoms with Crippen molar-refractivity contribution in [3.8, 4) is 0 Å². The quantitative estimate of drug-likeness (QED) is 0.576. The number of fused-ring (bicyclic) bond motifs is 1. The molecular formula is C14H12N4O2. The lowest BCUT2D eigenvalue weighted by molar-refractivity contribution is 0.0961. The first-order valence-electron chi connectivity index (χ1n) is 5.97. The van der Waals surface area contributed by atoms with Gasteiger partial charge in [-0.2, -0.15) is 0 Å². The van der Waals surface area contributed by atoms with Crippen LogP contribution in [-0.2, 0) is 0 Å². The minimum Gasteiger partial charge on any atom is -0.399 e. The van der Waals surface area contributed by atoms with E-state index in [1.54, 1.807) is 42.5 Å². The van der Waals surface area contributed by atoms with Crippen LogP contribution in [0.15, 0.2) is 47.3 Å². The van der Waals surface area contributed by atoms with Gasteiger partial charge in [0, 0.05) is 16.9 Å². The van der Waals surface area contributed by atoms with Crippen molar-refractivity contribution >= 4 is 28.3 Å². The minimum absolute atomic E-state index is 0.388.